The molecule has 0 saturated heterocycles. The zero-order valence-corrected chi connectivity index (χ0v) is 15.4. The summed E-state index contributed by atoms with van der Waals surface area (Å²) in [7, 11) is 0. The first-order chi connectivity index (χ1) is 13.8. The maximum atomic E-state index is 12.8. The summed E-state index contributed by atoms with van der Waals surface area (Å²) in [6, 6.07) is 10.3. The number of hydrogen-bond donors (Lipinski definition) is 0. The van der Waals surface area contributed by atoms with Crippen molar-refractivity contribution in [2.24, 2.45) is 0 Å². The predicted molar refractivity (Wildman–Crippen MR) is 98.9 cm³/mol. The zero-order chi connectivity index (χ0) is 20.6. The number of aryl methyl sites for hydroxylation is 1. The molecule has 1 aliphatic rings. The second-order valence-electron chi connectivity index (χ2n) is 6.74. The monoisotopic (exact) mass is 399 g/mol. The van der Waals surface area contributed by atoms with Gasteiger partial charge in [-0.2, -0.15) is 13.2 Å². The molecule has 4 rings (SSSR count). The minimum absolute atomic E-state index is 0.197. The van der Waals surface area contributed by atoms with Crippen LogP contribution in [0, 0.1) is 6.92 Å². The molecule has 0 spiro atoms. The first-order valence-electron chi connectivity index (χ1n) is 8.85. The molecule has 0 radical (unpaired) electrons. The molecular formula is C21H16F3N3O2. The summed E-state index contributed by atoms with van der Waals surface area (Å²) in [5.41, 5.74) is 2.32. The first kappa shape index (κ1) is 18.9. The van der Waals surface area contributed by atoms with Crippen LogP contribution in [0.25, 0.3) is 11.1 Å². The molecule has 0 bridgehead atoms. The highest BCUT2D eigenvalue weighted by Crippen LogP contribution is 2.36. The minimum atomic E-state index is -4.38. The van der Waals surface area contributed by atoms with Crippen molar-refractivity contribution in [2.45, 2.75) is 26.2 Å². The van der Waals surface area contributed by atoms with Crippen LogP contribution in [0.3, 0.4) is 0 Å². The molecule has 0 atom stereocenters. The summed E-state index contributed by atoms with van der Waals surface area (Å²) in [5.74, 6) is 0.941. The van der Waals surface area contributed by atoms with E-state index in [1.807, 2.05) is 13.0 Å². The summed E-state index contributed by atoms with van der Waals surface area (Å²) in [4.78, 5) is 22.0. The average molecular weight is 399 g/mol. The Morgan fingerprint density at radius 2 is 1.79 bits per heavy atom. The van der Waals surface area contributed by atoms with Crippen molar-refractivity contribution in [2.75, 3.05) is 0 Å². The predicted octanol–water partition coefficient (Wildman–Crippen LogP) is 4.99. The maximum Gasteiger partial charge on any atom is 0.416 e. The van der Waals surface area contributed by atoms with Crippen molar-refractivity contribution >= 4 is 6.09 Å². The lowest BCUT2D eigenvalue weighted by Gasteiger charge is -2.28. The van der Waals surface area contributed by atoms with E-state index in [9.17, 15) is 18.0 Å². The number of halogens is 3. The third-order valence-electron chi connectivity index (χ3n) is 4.70. The summed E-state index contributed by atoms with van der Waals surface area (Å²) in [5, 5.41) is 0. The molecule has 5 nitrogen and oxygen atoms in total. The second kappa shape index (κ2) is 7.20. The van der Waals surface area contributed by atoms with Gasteiger partial charge in [-0.25, -0.2) is 14.8 Å². The van der Waals surface area contributed by atoms with Crippen LogP contribution in [0.2, 0.25) is 0 Å². The van der Waals surface area contributed by atoms with Crippen molar-refractivity contribution in [3.05, 3.63) is 77.4 Å². The molecule has 148 valence electrons. The van der Waals surface area contributed by atoms with Crippen LogP contribution in [0.1, 0.15) is 22.5 Å². The normalized spacial score (nSPS) is 13.8. The van der Waals surface area contributed by atoms with Gasteiger partial charge in [0.05, 0.1) is 18.7 Å². The van der Waals surface area contributed by atoms with Gasteiger partial charge in [-0.1, -0.05) is 12.1 Å². The molecule has 2 aromatic carbocycles. The number of carbonyl (C=O) groups is 1. The standard InChI is InChI=1S/C21H16F3N3O2/c1-13-9-18-15(10-17(13)14-3-5-16(6-4-14)21(22,23)24)11-27(20(28)29-18)12-19-25-7-2-8-26-19/h2-10H,11-12H2,1H3. The Balaban J connectivity index is 1.63. The fourth-order valence-corrected chi connectivity index (χ4v) is 3.23. The van der Waals surface area contributed by atoms with E-state index in [1.165, 1.54) is 17.0 Å². The van der Waals surface area contributed by atoms with Crippen molar-refractivity contribution < 1.29 is 22.7 Å². The Labute approximate surface area is 164 Å². The number of rotatable bonds is 3. The molecule has 0 saturated carbocycles. The Morgan fingerprint density at radius 3 is 2.45 bits per heavy atom. The van der Waals surface area contributed by atoms with Gasteiger partial charge >= 0.3 is 12.3 Å². The van der Waals surface area contributed by atoms with Crippen molar-refractivity contribution in [3.63, 3.8) is 0 Å². The Bertz CT molecular complexity index is 1050. The van der Waals surface area contributed by atoms with Gasteiger partial charge in [0.1, 0.15) is 11.6 Å². The lowest BCUT2D eigenvalue weighted by molar-refractivity contribution is -0.137. The van der Waals surface area contributed by atoms with Gasteiger partial charge in [-0.05, 0) is 53.9 Å². The smallest absolute Gasteiger partial charge is 0.410 e. The summed E-state index contributed by atoms with van der Waals surface area (Å²) >= 11 is 0. The molecule has 1 amide bonds. The zero-order valence-electron chi connectivity index (χ0n) is 15.4. The summed E-state index contributed by atoms with van der Waals surface area (Å²) < 4.78 is 43.9. The molecule has 3 aromatic rings. The van der Waals surface area contributed by atoms with E-state index >= 15 is 0 Å². The van der Waals surface area contributed by atoms with Crippen molar-refractivity contribution in [3.8, 4) is 16.9 Å². The van der Waals surface area contributed by atoms with Crippen LogP contribution in [0.5, 0.6) is 5.75 Å². The first-order valence-corrected chi connectivity index (χ1v) is 8.85. The molecule has 0 unspecified atom stereocenters. The molecule has 8 heteroatoms. The number of nitrogens with zero attached hydrogens (tertiary/aromatic N) is 3. The van der Waals surface area contributed by atoms with Crippen LogP contribution in [-0.4, -0.2) is 21.0 Å². The van der Waals surface area contributed by atoms with Crippen LogP contribution < -0.4 is 4.74 Å². The highest BCUT2D eigenvalue weighted by Gasteiger charge is 2.30. The quantitative estimate of drug-likeness (QED) is 0.623. The van der Waals surface area contributed by atoms with Gasteiger partial charge in [-0.3, -0.25) is 4.90 Å². The number of benzene rings is 2. The molecule has 0 aliphatic carbocycles. The maximum absolute atomic E-state index is 12.8. The van der Waals surface area contributed by atoms with E-state index in [-0.39, 0.29) is 6.54 Å². The van der Waals surface area contributed by atoms with E-state index in [4.69, 9.17) is 4.74 Å². The second-order valence-corrected chi connectivity index (χ2v) is 6.74. The number of fused-ring (bicyclic) bond motifs is 1. The van der Waals surface area contributed by atoms with E-state index in [1.54, 1.807) is 24.5 Å². The van der Waals surface area contributed by atoms with Gasteiger partial charge in [0.25, 0.3) is 0 Å². The number of amides is 1. The van der Waals surface area contributed by atoms with Crippen LogP contribution in [0.4, 0.5) is 18.0 Å². The topological polar surface area (TPSA) is 55.3 Å². The van der Waals surface area contributed by atoms with E-state index in [2.05, 4.69) is 9.97 Å². The van der Waals surface area contributed by atoms with E-state index in [0.29, 0.717) is 23.7 Å². The molecular weight excluding hydrogens is 383 g/mol. The lowest BCUT2D eigenvalue weighted by atomic mass is 9.96. The molecule has 0 fully saturated rings. The number of carbonyl (C=O) groups excluding carboxylic acids is 1. The minimum Gasteiger partial charge on any atom is -0.410 e. The highest BCUT2D eigenvalue weighted by atomic mass is 19.4. The van der Waals surface area contributed by atoms with Crippen LogP contribution in [-0.2, 0) is 19.3 Å². The fourth-order valence-electron chi connectivity index (χ4n) is 3.23. The summed E-state index contributed by atoms with van der Waals surface area (Å²) in [6.45, 7) is 2.31. The molecule has 1 aliphatic heterocycles. The van der Waals surface area contributed by atoms with Gasteiger partial charge in [0, 0.05) is 18.0 Å². The van der Waals surface area contributed by atoms with E-state index < -0.39 is 17.8 Å². The number of ether oxygens (including phenoxy) is 1. The van der Waals surface area contributed by atoms with Gasteiger partial charge in [-0.15, -0.1) is 0 Å². The van der Waals surface area contributed by atoms with Gasteiger partial charge in [0.2, 0.25) is 0 Å². The number of alkyl halides is 3. The summed E-state index contributed by atoms with van der Waals surface area (Å²) in [6.07, 6.45) is -1.68. The van der Waals surface area contributed by atoms with E-state index in [0.717, 1.165) is 28.8 Å². The largest absolute Gasteiger partial charge is 0.416 e. The van der Waals surface area contributed by atoms with Crippen LogP contribution >= 0.6 is 0 Å². The van der Waals surface area contributed by atoms with Gasteiger partial charge < -0.3 is 4.74 Å². The number of aromatic nitrogens is 2. The molecule has 29 heavy (non-hydrogen) atoms. The van der Waals surface area contributed by atoms with Crippen molar-refractivity contribution in [1.29, 1.82) is 0 Å². The van der Waals surface area contributed by atoms with Crippen LogP contribution in [0.15, 0.2) is 54.9 Å². The Morgan fingerprint density at radius 1 is 1.10 bits per heavy atom. The lowest BCUT2D eigenvalue weighted by Crippen LogP contribution is -2.37. The van der Waals surface area contributed by atoms with Crippen molar-refractivity contribution in [1.82, 2.24) is 14.9 Å². The molecule has 0 N–H and O–H groups in total. The Hall–Kier alpha value is -3.42. The number of hydrogen-bond acceptors (Lipinski definition) is 4. The molecule has 2 heterocycles. The third kappa shape index (κ3) is 3.91. The SMILES string of the molecule is Cc1cc2c(cc1-c1ccc(C(F)(F)F)cc1)CN(Cc1ncccn1)C(=O)O2. The fraction of sp³-hybridized carbons (Fsp3) is 0.190. The highest BCUT2D eigenvalue weighted by molar-refractivity contribution is 5.76. The van der Waals surface area contributed by atoms with Gasteiger partial charge in [0.15, 0.2) is 0 Å². The Kier molecular flexibility index (Phi) is 4.70. The average Bonchev–Trinajstić information content (AvgIpc) is 2.69. The molecule has 1 aromatic heterocycles. The third-order valence-corrected chi connectivity index (χ3v) is 4.70.